The van der Waals surface area contributed by atoms with E-state index in [0.29, 0.717) is 21.4 Å². The molecular formula is C31H35Cl2N3O5S. The number of benzene rings is 3. The van der Waals surface area contributed by atoms with E-state index >= 15 is 0 Å². The average molecular weight is 633 g/mol. The van der Waals surface area contributed by atoms with Crippen LogP contribution in [0.15, 0.2) is 71.6 Å². The van der Waals surface area contributed by atoms with Crippen LogP contribution in [0.3, 0.4) is 0 Å². The number of sulfonamides is 1. The monoisotopic (exact) mass is 631 g/mol. The highest BCUT2D eigenvalue weighted by molar-refractivity contribution is 7.92. The van der Waals surface area contributed by atoms with Crippen LogP contribution in [-0.4, -0.2) is 50.9 Å². The minimum Gasteiger partial charge on any atom is -0.497 e. The summed E-state index contributed by atoms with van der Waals surface area (Å²) < 4.78 is 34.2. The van der Waals surface area contributed by atoms with E-state index in [1.54, 1.807) is 61.5 Å². The molecule has 2 amide bonds. The molecule has 224 valence electrons. The van der Waals surface area contributed by atoms with Crippen molar-refractivity contribution in [3.63, 3.8) is 0 Å². The van der Waals surface area contributed by atoms with Gasteiger partial charge in [0.15, 0.2) is 0 Å². The van der Waals surface area contributed by atoms with Crippen LogP contribution in [0.5, 0.6) is 5.75 Å². The maximum absolute atomic E-state index is 14.1. The van der Waals surface area contributed by atoms with Crippen molar-refractivity contribution in [2.24, 2.45) is 0 Å². The summed E-state index contributed by atoms with van der Waals surface area (Å²) in [5, 5.41) is 3.82. The minimum atomic E-state index is -4.17. The summed E-state index contributed by atoms with van der Waals surface area (Å²) in [4.78, 5) is 28.8. The second-order valence-electron chi connectivity index (χ2n) is 10.4. The predicted molar refractivity (Wildman–Crippen MR) is 166 cm³/mol. The molecule has 1 aliphatic rings. The molecule has 0 heterocycles. The Hall–Kier alpha value is -3.27. The average Bonchev–Trinajstić information content (AvgIpc) is 3.48. The molecule has 11 heteroatoms. The van der Waals surface area contributed by atoms with Crippen LogP contribution in [0.25, 0.3) is 0 Å². The first-order valence-electron chi connectivity index (χ1n) is 13.8. The van der Waals surface area contributed by atoms with Crippen LogP contribution in [0.4, 0.5) is 5.69 Å². The molecule has 0 radical (unpaired) electrons. The molecule has 42 heavy (non-hydrogen) atoms. The third-order valence-electron chi connectivity index (χ3n) is 7.47. The van der Waals surface area contributed by atoms with Crippen molar-refractivity contribution in [2.75, 3.05) is 18.0 Å². The van der Waals surface area contributed by atoms with Gasteiger partial charge in [-0.1, -0.05) is 59.8 Å². The fourth-order valence-electron chi connectivity index (χ4n) is 4.92. The van der Waals surface area contributed by atoms with E-state index in [2.05, 4.69) is 5.32 Å². The molecule has 3 aromatic rings. The van der Waals surface area contributed by atoms with Gasteiger partial charge >= 0.3 is 0 Å². The highest BCUT2D eigenvalue weighted by Crippen LogP contribution is 2.28. The number of methoxy groups -OCH3 is 1. The van der Waals surface area contributed by atoms with Gasteiger partial charge in [-0.15, -0.1) is 0 Å². The zero-order valence-electron chi connectivity index (χ0n) is 23.8. The Bertz CT molecular complexity index is 1510. The number of aryl methyl sites for hydroxylation is 1. The van der Waals surface area contributed by atoms with E-state index in [0.717, 1.165) is 35.6 Å². The number of amides is 2. The summed E-state index contributed by atoms with van der Waals surface area (Å²) in [5.74, 6) is -0.340. The molecule has 1 atom stereocenters. The molecule has 4 rings (SSSR count). The Morgan fingerprint density at radius 2 is 1.64 bits per heavy atom. The molecule has 1 fully saturated rings. The molecule has 1 saturated carbocycles. The number of halogens is 2. The number of anilines is 1. The lowest BCUT2D eigenvalue weighted by Gasteiger charge is -2.32. The van der Waals surface area contributed by atoms with Crippen LogP contribution >= 0.6 is 23.2 Å². The maximum Gasteiger partial charge on any atom is 0.264 e. The molecule has 0 bridgehead atoms. The van der Waals surface area contributed by atoms with Crippen LogP contribution in [-0.2, 0) is 26.2 Å². The summed E-state index contributed by atoms with van der Waals surface area (Å²) in [6.45, 7) is 2.93. The molecule has 1 unspecified atom stereocenters. The number of nitrogens with one attached hydrogen (secondary N) is 1. The number of hydrogen-bond acceptors (Lipinski definition) is 5. The minimum absolute atomic E-state index is 0.0187. The Labute approximate surface area is 257 Å². The number of carbonyl (C=O) groups excluding carboxylic acids is 2. The first kappa shape index (κ1) is 31.7. The summed E-state index contributed by atoms with van der Waals surface area (Å²) in [6, 6.07) is 16.9. The van der Waals surface area contributed by atoms with Crippen molar-refractivity contribution in [1.29, 1.82) is 0 Å². The Morgan fingerprint density at radius 3 is 2.24 bits per heavy atom. The smallest absolute Gasteiger partial charge is 0.264 e. The third-order valence-corrected chi connectivity index (χ3v) is 9.85. The Kier molecular flexibility index (Phi) is 10.4. The van der Waals surface area contributed by atoms with Gasteiger partial charge in [-0.05, 0) is 80.8 Å². The van der Waals surface area contributed by atoms with Gasteiger partial charge in [-0.25, -0.2) is 8.42 Å². The molecule has 0 aromatic heterocycles. The van der Waals surface area contributed by atoms with Crippen molar-refractivity contribution >= 4 is 50.7 Å². The summed E-state index contributed by atoms with van der Waals surface area (Å²) in [5.41, 5.74) is 1.75. The van der Waals surface area contributed by atoms with Crippen molar-refractivity contribution < 1.29 is 22.7 Å². The molecule has 0 saturated heterocycles. The van der Waals surface area contributed by atoms with E-state index < -0.39 is 28.5 Å². The lowest BCUT2D eigenvalue weighted by molar-refractivity contribution is -0.139. The van der Waals surface area contributed by atoms with Crippen molar-refractivity contribution in [1.82, 2.24) is 10.2 Å². The van der Waals surface area contributed by atoms with Gasteiger partial charge in [-0.2, -0.15) is 0 Å². The first-order chi connectivity index (χ1) is 20.0. The zero-order valence-corrected chi connectivity index (χ0v) is 26.2. The lowest BCUT2D eigenvalue weighted by atomic mass is 10.1. The number of carbonyl (C=O) groups is 2. The maximum atomic E-state index is 14.1. The fourth-order valence-corrected chi connectivity index (χ4v) is 6.81. The van der Waals surface area contributed by atoms with Crippen LogP contribution in [0.2, 0.25) is 10.0 Å². The van der Waals surface area contributed by atoms with Gasteiger partial charge < -0.3 is 15.0 Å². The molecule has 1 N–H and O–H groups in total. The number of nitrogens with zero attached hydrogens (tertiary/aromatic N) is 2. The topological polar surface area (TPSA) is 96.0 Å². The van der Waals surface area contributed by atoms with E-state index in [-0.39, 0.29) is 29.1 Å². The van der Waals surface area contributed by atoms with E-state index in [1.807, 2.05) is 6.92 Å². The SMILES string of the molecule is COc1ccc(N(CC(=O)N(Cc2ccc(Cl)cc2Cl)C(C)C(=O)NC2CCCC2)S(=O)(=O)c2ccc(C)cc2)cc1. The standard InChI is InChI=1S/C31H35Cl2N3O5S/c1-21-8-16-28(17-9-21)42(39,40)36(26-12-14-27(41-3)15-13-26)20-30(37)35(19-23-10-11-24(32)18-29(23)33)22(2)31(38)34-25-6-4-5-7-25/h8-18,22,25H,4-7,19-20H2,1-3H3,(H,34,38). The number of rotatable bonds is 11. The van der Waals surface area contributed by atoms with Gasteiger partial charge in [0.1, 0.15) is 18.3 Å². The summed E-state index contributed by atoms with van der Waals surface area (Å²) in [6.07, 6.45) is 3.84. The normalized spacial score (nSPS) is 14.3. The fraction of sp³-hybridized carbons (Fsp3) is 0.355. The molecule has 3 aromatic carbocycles. The lowest BCUT2D eigenvalue weighted by Crippen LogP contribution is -2.52. The quantitative estimate of drug-likeness (QED) is 0.281. The predicted octanol–water partition coefficient (Wildman–Crippen LogP) is 5.98. The van der Waals surface area contributed by atoms with Gasteiger partial charge in [-0.3, -0.25) is 13.9 Å². The van der Waals surface area contributed by atoms with E-state index in [9.17, 15) is 18.0 Å². The molecule has 8 nitrogen and oxygen atoms in total. The molecule has 0 spiro atoms. The Balaban J connectivity index is 1.70. The molecule has 1 aliphatic carbocycles. The largest absolute Gasteiger partial charge is 0.497 e. The second kappa shape index (κ2) is 13.8. The second-order valence-corrected chi connectivity index (χ2v) is 13.2. The van der Waals surface area contributed by atoms with Gasteiger partial charge in [0.25, 0.3) is 10.0 Å². The summed E-state index contributed by atoms with van der Waals surface area (Å²) >= 11 is 12.5. The van der Waals surface area contributed by atoms with Crippen molar-refractivity contribution in [3.05, 3.63) is 87.9 Å². The van der Waals surface area contributed by atoms with Crippen molar-refractivity contribution in [2.45, 2.75) is 63.1 Å². The Morgan fingerprint density at radius 1 is 1.00 bits per heavy atom. The molecule has 0 aliphatic heterocycles. The highest BCUT2D eigenvalue weighted by Gasteiger charge is 2.33. The van der Waals surface area contributed by atoms with Crippen LogP contribution in [0.1, 0.15) is 43.7 Å². The number of hydrogen-bond donors (Lipinski definition) is 1. The molecular weight excluding hydrogens is 597 g/mol. The van der Waals surface area contributed by atoms with Crippen LogP contribution < -0.4 is 14.4 Å². The van der Waals surface area contributed by atoms with Gasteiger partial charge in [0.05, 0.1) is 17.7 Å². The van der Waals surface area contributed by atoms with Gasteiger partial charge in [0.2, 0.25) is 11.8 Å². The van der Waals surface area contributed by atoms with Crippen LogP contribution in [0, 0.1) is 6.92 Å². The zero-order chi connectivity index (χ0) is 30.4. The van der Waals surface area contributed by atoms with Crippen molar-refractivity contribution in [3.8, 4) is 5.75 Å². The van der Waals surface area contributed by atoms with E-state index in [4.69, 9.17) is 27.9 Å². The third kappa shape index (κ3) is 7.56. The first-order valence-corrected chi connectivity index (χ1v) is 16.0. The summed E-state index contributed by atoms with van der Waals surface area (Å²) in [7, 11) is -2.66. The number of ether oxygens (including phenoxy) is 1. The van der Waals surface area contributed by atoms with E-state index in [1.165, 1.54) is 24.1 Å². The van der Waals surface area contributed by atoms with Gasteiger partial charge in [0, 0.05) is 22.6 Å². The highest BCUT2D eigenvalue weighted by atomic mass is 35.5.